The van der Waals surface area contributed by atoms with Crippen molar-refractivity contribution < 1.29 is 4.79 Å². The minimum absolute atomic E-state index is 0.285. The van der Waals surface area contributed by atoms with Crippen molar-refractivity contribution in [3.05, 3.63) is 57.8 Å². The number of hydrogen-bond acceptors (Lipinski definition) is 2. The molecule has 1 aromatic carbocycles. The topological polar surface area (TPSA) is 17.1 Å². The molecule has 0 bridgehead atoms. The van der Waals surface area contributed by atoms with Gasteiger partial charge in [-0.05, 0) is 23.9 Å². The summed E-state index contributed by atoms with van der Waals surface area (Å²) in [5.74, 6) is 0.285. The monoisotopic (exact) mass is 230 g/mol. The lowest BCUT2D eigenvalue weighted by atomic mass is 10.0. The van der Waals surface area contributed by atoms with Crippen molar-refractivity contribution in [2.45, 2.75) is 19.8 Å². The second kappa shape index (κ2) is 5.08. The van der Waals surface area contributed by atoms with E-state index in [0.717, 1.165) is 10.4 Å². The summed E-state index contributed by atoms with van der Waals surface area (Å²) in [6, 6.07) is 12.1. The molecule has 1 heterocycles. The van der Waals surface area contributed by atoms with E-state index in [9.17, 15) is 4.79 Å². The molecule has 2 heteroatoms. The number of rotatable bonds is 4. The second-order valence-corrected chi connectivity index (χ2v) is 4.99. The molecule has 2 aromatic rings. The van der Waals surface area contributed by atoms with Crippen molar-refractivity contribution in [1.82, 2.24) is 0 Å². The van der Waals surface area contributed by atoms with Gasteiger partial charge in [-0.1, -0.05) is 35.9 Å². The fraction of sp³-hybridized carbons (Fsp3) is 0.214. The first-order valence-corrected chi connectivity index (χ1v) is 6.21. The zero-order chi connectivity index (χ0) is 11.4. The third-order valence-electron chi connectivity index (χ3n) is 2.44. The van der Waals surface area contributed by atoms with Crippen LogP contribution in [0.2, 0.25) is 0 Å². The highest BCUT2D eigenvalue weighted by atomic mass is 32.1. The van der Waals surface area contributed by atoms with Crippen LogP contribution < -0.4 is 0 Å². The van der Waals surface area contributed by atoms with E-state index in [4.69, 9.17) is 0 Å². The average molecular weight is 230 g/mol. The number of carbonyl (C=O) groups excluding carboxylic acids is 1. The van der Waals surface area contributed by atoms with Gasteiger partial charge in [-0.15, -0.1) is 11.3 Å². The minimum Gasteiger partial charge on any atom is -0.299 e. The Kier molecular flexibility index (Phi) is 3.52. The Hall–Kier alpha value is -1.41. The molecular weight excluding hydrogens is 216 g/mol. The van der Waals surface area contributed by atoms with E-state index < -0.39 is 0 Å². The highest BCUT2D eigenvalue weighted by molar-refractivity contribution is 7.10. The Balaban J connectivity index is 1.97. The number of carbonyl (C=O) groups is 1. The van der Waals surface area contributed by atoms with Gasteiger partial charge in [0.15, 0.2) is 0 Å². The summed E-state index contributed by atoms with van der Waals surface area (Å²) in [6.07, 6.45) is 1.10. The zero-order valence-electron chi connectivity index (χ0n) is 9.27. The van der Waals surface area contributed by atoms with E-state index >= 15 is 0 Å². The summed E-state index contributed by atoms with van der Waals surface area (Å²) in [4.78, 5) is 12.9. The molecule has 2 rings (SSSR count). The van der Waals surface area contributed by atoms with E-state index in [-0.39, 0.29) is 5.78 Å². The third-order valence-corrected chi connectivity index (χ3v) is 3.31. The van der Waals surface area contributed by atoms with Crippen molar-refractivity contribution in [3.63, 3.8) is 0 Å². The normalized spacial score (nSPS) is 10.3. The highest BCUT2D eigenvalue weighted by Gasteiger charge is 2.05. The van der Waals surface area contributed by atoms with Gasteiger partial charge < -0.3 is 0 Å². The van der Waals surface area contributed by atoms with Gasteiger partial charge in [0.2, 0.25) is 0 Å². The molecule has 16 heavy (non-hydrogen) atoms. The molecule has 0 radical (unpaired) electrons. The minimum atomic E-state index is 0.285. The molecule has 0 fully saturated rings. The van der Waals surface area contributed by atoms with Crippen LogP contribution in [-0.4, -0.2) is 5.78 Å². The first-order valence-electron chi connectivity index (χ1n) is 5.33. The van der Waals surface area contributed by atoms with Crippen molar-refractivity contribution in [2.24, 2.45) is 0 Å². The predicted molar refractivity (Wildman–Crippen MR) is 67.9 cm³/mol. The number of Topliss-reactive ketones (excluding diaryl/α,β-unsaturated/α-hetero) is 1. The summed E-state index contributed by atoms with van der Waals surface area (Å²) in [6.45, 7) is 2.05. The second-order valence-electron chi connectivity index (χ2n) is 3.96. The molecule has 0 spiro atoms. The van der Waals surface area contributed by atoms with Crippen LogP contribution >= 0.6 is 11.3 Å². The molecule has 0 atom stereocenters. The average Bonchev–Trinajstić information content (AvgIpc) is 2.70. The summed E-state index contributed by atoms with van der Waals surface area (Å²) in [5, 5.41) is 2.01. The maximum absolute atomic E-state index is 11.8. The van der Waals surface area contributed by atoms with Crippen LogP contribution in [0.3, 0.4) is 0 Å². The molecule has 0 aliphatic heterocycles. The highest BCUT2D eigenvalue weighted by Crippen LogP contribution is 2.12. The lowest BCUT2D eigenvalue weighted by Gasteiger charge is -2.01. The molecular formula is C14H14OS. The van der Waals surface area contributed by atoms with E-state index in [2.05, 4.69) is 6.07 Å². The van der Waals surface area contributed by atoms with E-state index in [0.29, 0.717) is 12.8 Å². The van der Waals surface area contributed by atoms with Crippen LogP contribution in [-0.2, 0) is 17.6 Å². The summed E-state index contributed by atoms with van der Waals surface area (Å²) >= 11 is 1.64. The van der Waals surface area contributed by atoms with Gasteiger partial charge in [-0.25, -0.2) is 0 Å². The van der Waals surface area contributed by atoms with Gasteiger partial charge in [0, 0.05) is 17.7 Å². The van der Waals surface area contributed by atoms with Crippen molar-refractivity contribution in [3.8, 4) is 0 Å². The van der Waals surface area contributed by atoms with E-state index in [1.165, 1.54) is 5.56 Å². The number of thiophene rings is 1. The standard InChI is InChI=1S/C14H14OS/c1-11-4-2-5-12(8-11)9-13(15)10-14-6-3-7-16-14/h2-8H,9-10H2,1H3. The Labute approximate surface area is 99.8 Å². The molecule has 0 saturated heterocycles. The maximum atomic E-state index is 11.8. The lowest BCUT2D eigenvalue weighted by molar-refractivity contribution is -0.117. The zero-order valence-corrected chi connectivity index (χ0v) is 10.1. The number of hydrogen-bond donors (Lipinski definition) is 0. The summed E-state index contributed by atoms with van der Waals surface area (Å²) < 4.78 is 0. The van der Waals surface area contributed by atoms with Crippen molar-refractivity contribution in [1.29, 1.82) is 0 Å². The smallest absolute Gasteiger partial charge is 0.142 e. The lowest BCUT2D eigenvalue weighted by Crippen LogP contribution is -2.05. The Morgan fingerprint density at radius 1 is 1.19 bits per heavy atom. The number of ketones is 1. The summed E-state index contributed by atoms with van der Waals surface area (Å²) in [5.41, 5.74) is 2.32. The van der Waals surface area contributed by atoms with Crippen LogP contribution in [0.5, 0.6) is 0 Å². The first-order chi connectivity index (χ1) is 7.74. The number of aryl methyl sites for hydroxylation is 1. The first kappa shape index (κ1) is 11.1. The summed E-state index contributed by atoms with van der Waals surface area (Å²) in [7, 11) is 0. The van der Waals surface area contributed by atoms with Crippen LogP contribution in [0, 0.1) is 6.92 Å². The molecule has 0 saturated carbocycles. The van der Waals surface area contributed by atoms with Crippen molar-refractivity contribution in [2.75, 3.05) is 0 Å². The molecule has 1 nitrogen and oxygen atoms in total. The van der Waals surface area contributed by atoms with Gasteiger partial charge in [0.25, 0.3) is 0 Å². The molecule has 82 valence electrons. The van der Waals surface area contributed by atoms with Crippen LogP contribution in [0.4, 0.5) is 0 Å². The molecule has 0 amide bonds. The number of benzene rings is 1. The SMILES string of the molecule is Cc1cccc(CC(=O)Cc2cccs2)c1. The van der Waals surface area contributed by atoms with Crippen LogP contribution in [0.1, 0.15) is 16.0 Å². The Morgan fingerprint density at radius 3 is 2.75 bits per heavy atom. The molecule has 0 N–H and O–H groups in total. The van der Waals surface area contributed by atoms with E-state index in [1.807, 2.05) is 42.6 Å². The largest absolute Gasteiger partial charge is 0.299 e. The van der Waals surface area contributed by atoms with Gasteiger partial charge in [0.05, 0.1) is 0 Å². The Morgan fingerprint density at radius 2 is 2.06 bits per heavy atom. The van der Waals surface area contributed by atoms with Gasteiger partial charge in [-0.2, -0.15) is 0 Å². The van der Waals surface area contributed by atoms with Gasteiger partial charge in [0.1, 0.15) is 5.78 Å². The van der Waals surface area contributed by atoms with Gasteiger partial charge in [-0.3, -0.25) is 4.79 Å². The quantitative estimate of drug-likeness (QED) is 0.786. The van der Waals surface area contributed by atoms with Crippen LogP contribution in [0.15, 0.2) is 41.8 Å². The molecule has 1 aromatic heterocycles. The maximum Gasteiger partial charge on any atom is 0.142 e. The third kappa shape index (κ3) is 3.04. The van der Waals surface area contributed by atoms with Gasteiger partial charge >= 0.3 is 0 Å². The van der Waals surface area contributed by atoms with Crippen LogP contribution in [0.25, 0.3) is 0 Å². The predicted octanol–water partition coefficient (Wildman–Crippen LogP) is 3.41. The molecule has 0 aliphatic carbocycles. The fourth-order valence-corrected chi connectivity index (χ4v) is 2.45. The molecule has 0 aliphatic rings. The van der Waals surface area contributed by atoms with Crippen molar-refractivity contribution >= 4 is 17.1 Å². The van der Waals surface area contributed by atoms with E-state index in [1.54, 1.807) is 11.3 Å². The molecule has 0 unspecified atom stereocenters. The Bertz CT molecular complexity index is 471. The fourth-order valence-electron chi connectivity index (χ4n) is 1.72.